The Morgan fingerprint density at radius 1 is 1.21 bits per heavy atom. The quantitative estimate of drug-likeness (QED) is 0.627. The maximum Gasteiger partial charge on any atom is 0.0436 e. The van der Waals surface area contributed by atoms with Crippen LogP contribution in [0.4, 0.5) is 0 Å². The third kappa shape index (κ3) is 2.06. The first-order chi connectivity index (χ1) is 6.20. The molecule has 1 aliphatic carbocycles. The van der Waals surface area contributed by atoms with Gasteiger partial charge in [-0.2, -0.15) is 0 Å². The molecule has 0 saturated heterocycles. The van der Waals surface area contributed by atoms with E-state index in [0.29, 0.717) is 0 Å². The number of hydrogen-bond acceptors (Lipinski definition) is 0. The van der Waals surface area contributed by atoms with Crippen LogP contribution in [0.1, 0.15) is 22.2 Å². The van der Waals surface area contributed by atoms with Gasteiger partial charge in [0.1, 0.15) is 0 Å². The first-order valence-corrected chi connectivity index (χ1v) is 7.95. The molecule has 0 heterocycles. The maximum atomic E-state index is 2.42. The van der Waals surface area contributed by atoms with Crippen molar-refractivity contribution in [2.24, 2.45) is 0 Å². The van der Waals surface area contributed by atoms with Crippen LogP contribution < -0.4 is 0 Å². The van der Waals surface area contributed by atoms with Crippen LogP contribution in [0.2, 0.25) is 13.1 Å². The van der Waals surface area contributed by atoms with Crippen LogP contribution in [0.3, 0.4) is 0 Å². The summed E-state index contributed by atoms with van der Waals surface area (Å²) >= 11 is 0. The molecule has 0 aliphatic heterocycles. The van der Waals surface area contributed by atoms with E-state index >= 15 is 0 Å². The Hall–Kier alpha value is 0.177. The number of hydrogen-bond donors (Lipinski definition) is 0. The van der Waals surface area contributed by atoms with E-state index in [1.165, 1.54) is 11.1 Å². The Labute approximate surface area is 110 Å². The van der Waals surface area contributed by atoms with Crippen molar-refractivity contribution >= 4 is 44.4 Å². The molecule has 1 radical (unpaired) electrons. The van der Waals surface area contributed by atoms with E-state index in [4.69, 9.17) is 0 Å². The molecule has 0 amide bonds. The summed E-state index contributed by atoms with van der Waals surface area (Å²) in [5.41, 5.74) is 5.25. The number of fused-ring (bicyclic) bond motifs is 1. The molecule has 1 unspecified atom stereocenters. The van der Waals surface area contributed by atoms with E-state index in [9.17, 15) is 0 Å². The Bertz CT molecular complexity index is 355. The Morgan fingerprint density at radius 3 is 2.57 bits per heavy atom. The van der Waals surface area contributed by atoms with Gasteiger partial charge in [0.25, 0.3) is 0 Å². The van der Waals surface area contributed by atoms with Crippen molar-refractivity contribution in [2.75, 3.05) is 0 Å². The molecule has 0 nitrogen and oxygen atoms in total. The predicted octanol–water partition coefficient (Wildman–Crippen LogP) is 2.75. The third-order valence-electron chi connectivity index (χ3n) is 2.91. The van der Waals surface area contributed by atoms with Crippen molar-refractivity contribution in [3.63, 3.8) is 0 Å². The molecule has 69 valence electrons. The minimum Gasteiger partial charge on any atom is -0.0795 e. The number of rotatable bonds is 1. The second-order valence-electron chi connectivity index (χ2n) is 4.21. The summed E-state index contributed by atoms with van der Waals surface area (Å²) in [7, 11) is -0.567. The predicted molar refractivity (Wildman–Crippen MR) is 67.6 cm³/mol. The molecular formula is C12H16NaSi. The molecule has 1 aromatic carbocycles. The molecule has 0 aromatic heterocycles. The van der Waals surface area contributed by atoms with Gasteiger partial charge in [0.15, 0.2) is 0 Å². The number of allylic oxidation sites excluding steroid dienone is 1. The fourth-order valence-electron chi connectivity index (χ4n) is 2.11. The van der Waals surface area contributed by atoms with Crippen LogP contribution in [-0.2, 0) is 0 Å². The van der Waals surface area contributed by atoms with Crippen molar-refractivity contribution in [2.45, 2.75) is 25.6 Å². The second kappa shape index (κ2) is 4.80. The zero-order valence-electron chi connectivity index (χ0n) is 9.54. The largest absolute Gasteiger partial charge is 0.0795 e. The van der Waals surface area contributed by atoms with Gasteiger partial charge >= 0.3 is 0 Å². The minimum absolute atomic E-state index is 0. The van der Waals surface area contributed by atoms with Crippen molar-refractivity contribution in [1.29, 1.82) is 0 Å². The molecule has 2 rings (SSSR count). The zero-order valence-corrected chi connectivity index (χ0v) is 12.7. The van der Waals surface area contributed by atoms with E-state index in [-0.39, 0.29) is 29.6 Å². The summed E-state index contributed by atoms with van der Waals surface area (Å²) in [5, 5.41) is 0. The Balaban J connectivity index is 0.000000980. The monoisotopic (exact) mass is 211 g/mol. The fraction of sp³-hybridized carbons (Fsp3) is 0.333. The van der Waals surface area contributed by atoms with E-state index in [1.807, 2.05) is 0 Å². The van der Waals surface area contributed by atoms with Gasteiger partial charge in [-0.3, -0.25) is 0 Å². The molecule has 1 aliphatic rings. The Kier molecular flexibility index (Phi) is 4.20. The first-order valence-electron chi connectivity index (χ1n) is 4.98. The molecule has 0 bridgehead atoms. The first kappa shape index (κ1) is 12.2. The smallest absolute Gasteiger partial charge is 0.0436 e. The van der Waals surface area contributed by atoms with Gasteiger partial charge in [-0.05, 0) is 29.2 Å². The van der Waals surface area contributed by atoms with Crippen LogP contribution in [0, 0.1) is 6.92 Å². The van der Waals surface area contributed by atoms with Gasteiger partial charge in [-0.15, -0.1) is 0 Å². The molecule has 0 fully saturated rings. The zero-order chi connectivity index (χ0) is 9.42. The van der Waals surface area contributed by atoms with Crippen molar-refractivity contribution in [3.8, 4) is 0 Å². The van der Waals surface area contributed by atoms with Crippen molar-refractivity contribution in [3.05, 3.63) is 41.0 Å². The summed E-state index contributed by atoms with van der Waals surface area (Å²) in [6.45, 7) is 7.05. The van der Waals surface area contributed by atoms with Gasteiger partial charge in [-0.1, -0.05) is 43.4 Å². The molecule has 1 aromatic rings. The Morgan fingerprint density at radius 2 is 1.93 bits per heavy atom. The average Bonchev–Trinajstić information content (AvgIpc) is 2.48. The summed E-state index contributed by atoms with van der Waals surface area (Å²) in [6, 6.07) is 6.68. The molecule has 14 heavy (non-hydrogen) atoms. The van der Waals surface area contributed by atoms with Gasteiger partial charge in [0.2, 0.25) is 0 Å². The fourth-order valence-corrected chi connectivity index (χ4v) is 3.67. The summed E-state index contributed by atoms with van der Waals surface area (Å²) in [4.78, 5) is 0. The minimum atomic E-state index is -0.567. The van der Waals surface area contributed by atoms with E-state index in [2.05, 4.69) is 50.4 Å². The summed E-state index contributed by atoms with van der Waals surface area (Å²) < 4.78 is 0. The van der Waals surface area contributed by atoms with Crippen molar-refractivity contribution in [1.82, 2.24) is 0 Å². The average molecular weight is 211 g/mol. The van der Waals surface area contributed by atoms with E-state index in [1.54, 1.807) is 5.56 Å². The number of aryl methyl sites for hydroxylation is 1. The number of benzene rings is 1. The van der Waals surface area contributed by atoms with Crippen LogP contribution in [0.5, 0.6) is 0 Å². The topological polar surface area (TPSA) is 0 Å². The van der Waals surface area contributed by atoms with Crippen LogP contribution in [0.15, 0.2) is 24.3 Å². The molecule has 1 atom stereocenters. The van der Waals surface area contributed by atoms with Gasteiger partial charge in [0, 0.05) is 38.4 Å². The van der Waals surface area contributed by atoms with Gasteiger partial charge in [-0.25, -0.2) is 0 Å². The van der Waals surface area contributed by atoms with Crippen LogP contribution in [0.25, 0.3) is 6.08 Å². The second-order valence-corrected chi connectivity index (χ2v) is 7.41. The van der Waals surface area contributed by atoms with E-state index < -0.39 is 8.80 Å². The standard InChI is InChI=1S/C12H16Si.Na/c1-9-5-4-6-11-10(9)7-8-12(11)13(2)3;/h4-8,12-13H,1-3H3;. The summed E-state index contributed by atoms with van der Waals surface area (Å²) in [5.74, 6) is 0. The third-order valence-corrected chi connectivity index (χ3v) is 4.92. The maximum absolute atomic E-state index is 2.42. The molecule has 0 saturated carbocycles. The van der Waals surface area contributed by atoms with Gasteiger partial charge < -0.3 is 0 Å². The molecule has 0 spiro atoms. The molecule has 2 heteroatoms. The normalized spacial score (nSPS) is 18.1. The van der Waals surface area contributed by atoms with Crippen LogP contribution >= 0.6 is 0 Å². The molecular weight excluding hydrogens is 195 g/mol. The van der Waals surface area contributed by atoms with Crippen LogP contribution in [-0.4, -0.2) is 38.4 Å². The van der Waals surface area contributed by atoms with Gasteiger partial charge in [0.05, 0.1) is 0 Å². The van der Waals surface area contributed by atoms with E-state index in [0.717, 1.165) is 5.54 Å². The molecule has 0 N–H and O–H groups in total. The SMILES string of the molecule is Cc1cccc2c1C=CC2[SiH](C)C.[Na]. The summed E-state index contributed by atoms with van der Waals surface area (Å²) in [6.07, 6.45) is 4.71. The van der Waals surface area contributed by atoms with Crippen molar-refractivity contribution < 1.29 is 0 Å².